The van der Waals surface area contributed by atoms with Crippen molar-refractivity contribution in [2.45, 2.75) is 31.5 Å². The molecule has 0 aliphatic carbocycles. The summed E-state index contributed by atoms with van der Waals surface area (Å²) in [6.07, 6.45) is 0. The van der Waals surface area contributed by atoms with Crippen LogP contribution in [0.2, 0.25) is 11.1 Å². The normalized spacial score (nSPS) is 20.5. The maximum absolute atomic E-state index is 13.4. The first-order valence-electron chi connectivity index (χ1n) is 8.29. The molecule has 0 saturated carbocycles. The summed E-state index contributed by atoms with van der Waals surface area (Å²) in [5, 5.41) is 0.876. The van der Waals surface area contributed by atoms with Gasteiger partial charge < -0.3 is 0 Å². The van der Waals surface area contributed by atoms with Crippen LogP contribution in [0.3, 0.4) is 0 Å². The summed E-state index contributed by atoms with van der Waals surface area (Å²) in [5.74, 6) is 2.05. The molecule has 0 saturated heterocycles. The molecule has 1 heterocycles. The molecule has 1 atom stereocenters. The third-order valence-electron chi connectivity index (χ3n) is 4.90. The molecule has 0 radical (unpaired) electrons. The van der Waals surface area contributed by atoms with Crippen LogP contribution in [0.15, 0.2) is 60.2 Å². The number of rotatable bonds is 5. The Morgan fingerprint density at radius 3 is 2.32 bits per heavy atom. The van der Waals surface area contributed by atoms with E-state index in [9.17, 15) is 9.18 Å². The monoisotopic (exact) mass is 403 g/mol. The van der Waals surface area contributed by atoms with Gasteiger partial charge in [0.1, 0.15) is 0 Å². The first-order chi connectivity index (χ1) is 12.0. The van der Waals surface area contributed by atoms with Crippen molar-refractivity contribution in [1.29, 1.82) is 0 Å². The molecule has 4 heteroatoms. The van der Waals surface area contributed by atoms with Crippen molar-refractivity contribution in [3.8, 4) is 0 Å². The number of hydrogen-bond acceptors (Lipinski definition) is 1. The van der Waals surface area contributed by atoms with Gasteiger partial charge in [0, 0.05) is 0 Å². The van der Waals surface area contributed by atoms with Gasteiger partial charge in [-0.3, -0.25) is 0 Å². The van der Waals surface area contributed by atoms with E-state index in [1.165, 1.54) is 12.1 Å². The van der Waals surface area contributed by atoms with Crippen molar-refractivity contribution >= 4 is 26.6 Å². The molecule has 130 valence electrons. The van der Waals surface area contributed by atoms with E-state index in [2.05, 4.69) is 5.82 Å². The Morgan fingerprint density at radius 2 is 1.72 bits per heavy atom. The van der Waals surface area contributed by atoms with E-state index in [1.54, 1.807) is 12.1 Å². The topological polar surface area (TPSA) is 20.3 Å². The van der Waals surface area contributed by atoms with Gasteiger partial charge in [0.25, 0.3) is 0 Å². The number of carbonyl (C=O) groups is 1. The molecule has 3 rings (SSSR count). The van der Waals surface area contributed by atoms with E-state index in [0.717, 1.165) is 27.7 Å². The predicted molar refractivity (Wildman–Crippen MR) is 101 cm³/mol. The average Bonchev–Trinajstić information content (AvgIpc) is 2.79. The van der Waals surface area contributed by atoms with Crippen LogP contribution in [-0.2, 0) is 11.3 Å². The minimum atomic E-state index is -0.465. The molecule has 0 aromatic heterocycles. The molecule has 0 bridgehead atoms. The SMILES string of the molecule is C[Se]CC1(C)C(=O)N(Cc2ccccc2)C(c2ccc(F)cc2)=C1C. The van der Waals surface area contributed by atoms with Gasteiger partial charge in [0.2, 0.25) is 0 Å². The summed E-state index contributed by atoms with van der Waals surface area (Å²) in [7, 11) is 0. The number of carbonyl (C=O) groups excluding carboxylic acids is 1. The van der Waals surface area contributed by atoms with E-state index < -0.39 is 5.41 Å². The summed E-state index contributed by atoms with van der Waals surface area (Å²) in [5.41, 5.74) is 3.54. The van der Waals surface area contributed by atoms with Crippen molar-refractivity contribution in [2.24, 2.45) is 5.41 Å². The van der Waals surface area contributed by atoms with Crippen LogP contribution in [0.4, 0.5) is 4.39 Å². The van der Waals surface area contributed by atoms with Crippen LogP contribution in [0.25, 0.3) is 5.70 Å². The number of halogens is 1. The zero-order valence-corrected chi connectivity index (χ0v) is 16.5. The molecule has 2 aromatic carbocycles. The molecule has 25 heavy (non-hydrogen) atoms. The molecular weight excluding hydrogens is 380 g/mol. The van der Waals surface area contributed by atoms with E-state index >= 15 is 0 Å². The van der Waals surface area contributed by atoms with E-state index in [1.807, 2.05) is 49.1 Å². The maximum atomic E-state index is 13.4. The number of hydrogen-bond donors (Lipinski definition) is 0. The minimum absolute atomic E-state index is 0.150. The summed E-state index contributed by atoms with van der Waals surface area (Å²) in [6, 6.07) is 16.5. The summed E-state index contributed by atoms with van der Waals surface area (Å²) < 4.78 is 13.4. The van der Waals surface area contributed by atoms with Gasteiger partial charge >= 0.3 is 155 Å². The second-order valence-electron chi connectivity index (χ2n) is 6.62. The van der Waals surface area contributed by atoms with Crippen molar-refractivity contribution in [2.75, 3.05) is 0 Å². The number of nitrogens with zero attached hydrogens (tertiary/aromatic N) is 1. The van der Waals surface area contributed by atoms with Crippen LogP contribution in [-0.4, -0.2) is 25.8 Å². The summed E-state index contributed by atoms with van der Waals surface area (Å²) in [4.78, 5) is 15.2. The Labute approximate surface area is 154 Å². The fourth-order valence-corrected chi connectivity index (χ4v) is 5.30. The summed E-state index contributed by atoms with van der Waals surface area (Å²) >= 11 is 0.391. The van der Waals surface area contributed by atoms with Gasteiger partial charge in [-0.25, -0.2) is 0 Å². The van der Waals surface area contributed by atoms with Crippen LogP contribution >= 0.6 is 0 Å². The molecule has 2 nitrogen and oxygen atoms in total. The van der Waals surface area contributed by atoms with Crippen LogP contribution < -0.4 is 0 Å². The van der Waals surface area contributed by atoms with E-state index in [0.29, 0.717) is 21.5 Å². The molecule has 1 unspecified atom stereocenters. The van der Waals surface area contributed by atoms with Crippen LogP contribution in [0.1, 0.15) is 25.0 Å². The van der Waals surface area contributed by atoms with Crippen LogP contribution in [0.5, 0.6) is 0 Å². The standard InChI is InChI=1S/C21H22FNOSe/c1-15-19(17-9-11-18(22)12-10-17)23(13-16-7-5-4-6-8-16)20(24)21(15,2)14-25-3/h4-12H,13-14H2,1-3H3. The van der Waals surface area contributed by atoms with Crippen molar-refractivity contribution in [1.82, 2.24) is 4.90 Å². The molecule has 1 aliphatic heterocycles. The van der Waals surface area contributed by atoms with Gasteiger partial charge in [-0.05, 0) is 0 Å². The molecule has 0 fully saturated rings. The molecule has 2 aromatic rings. The molecule has 0 N–H and O–H groups in total. The first kappa shape index (κ1) is 17.9. The molecule has 0 spiro atoms. The number of amides is 1. The van der Waals surface area contributed by atoms with Gasteiger partial charge in [-0.2, -0.15) is 0 Å². The average molecular weight is 402 g/mol. The second kappa shape index (κ2) is 7.15. The Hall–Kier alpha value is -1.90. The first-order valence-corrected chi connectivity index (χ1v) is 11.2. The van der Waals surface area contributed by atoms with E-state index in [-0.39, 0.29) is 11.7 Å². The Morgan fingerprint density at radius 1 is 1.08 bits per heavy atom. The van der Waals surface area contributed by atoms with Crippen molar-refractivity contribution < 1.29 is 9.18 Å². The molecular formula is C21H22FNOSe. The fraction of sp³-hybridized carbons (Fsp3) is 0.286. The number of benzene rings is 2. The molecule has 1 aliphatic rings. The van der Waals surface area contributed by atoms with Gasteiger partial charge in [0.15, 0.2) is 0 Å². The van der Waals surface area contributed by atoms with Gasteiger partial charge in [-0.1, -0.05) is 0 Å². The Kier molecular flexibility index (Phi) is 5.12. The summed E-state index contributed by atoms with van der Waals surface area (Å²) in [6.45, 7) is 4.63. The predicted octanol–water partition coefficient (Wildman–Crippen LogP) is 4.78. The van der Waals surface area contributed by atoms with Gasteiger partial charge in [-0.15, -0.1) is 0 Å². The Bertz CT molecular complexity index is 800. The fourth-order valence-electron chi connectivity index (χ4n) is 3.38. The van der Waals surface area contributed by atoms with E-state index in [4.69, 9.17) is 0 Å². The van der Waals surface area contributed by atoms with Crippen molar-refractivity contribution in [3.63, 3.8) is 0 Å². The zero-order chi connectivity index (χ0) is 18.0. The molecule has 1 amide bonds. The second-order valence-corrected chi connectivity index (χ2v) is 8.44. The quantitative estimate of drug-likeness (QED) is 0.660. The van der Waals surface area contributed by atoms with Crippen LogP contribution in [0, 0.1) is 11.2 Å². The third kappa shape index (κ3) is 3.29. The van der Waals surface area contributed by atoms with Gasteiger partial charge in [0.05, 0.1) is 0 Å². The Balaban J connectivity index is 2.07. The zero-order valence-electron chi connectivity index (χ0n) is 14.8. The third-order valence-corrected chi connectivity index (χ3v) is 6.72. The van der Waals surface area contributed by atoms with Crippen molar-refractivity contribution in [3.05, 3.63) is 77.1 Å².